The summed E-state index contributed by atoms with van der Waals surface area (Å²) in [5.41, 5.74) is 1.53. The van der Waals surface area contributed by atoms with Crippen LogP contribution in [0.25, 0.3) is 0 Å². The van der Waals surface area contributed by atoms with Crippen molar-refractivity contribution in [2.75, 3.05) is 32.5 Å². The van der Waals surface area contributed by atoms with Gasteiger partial charge in [-0.25, -0.2) is 4.39 Å². The van der Waals surface area contributed by atoms with Gasteiger partial charge in [-0.15, -0.1) is 0 Å². The number of likely N-dealkylation sites (N-methyl/N-ethyl adjacent to an activating group) is 1. The van der Waals surface area contributed by atoms with Crippen LogP contribution in [0.2, 0.25) is 0 Å². The number of amides is 1. The number of anilines is 1. The first-order valence-electron chi connectivity index (χ1n) is 7.41. The minimum Gasteiger partial charge on any atom is -0.382 e. The Bertz CT molecular complexity index is 634. The molecule has 6 heteroatoms. The molecule has 1 aromatic heterocycles. The standard InChI is InChI=1S/C17H21FN4O/c1-22(2)16(13-5-3-6-14(18)11-13)17(23)21-10-9-20-15-7-4-8-19-12-15/h3-8,11-12,16,20H,9-10H2,1-2H3,(H,21,23)/t16-/m0/s1. The smallest absolute Gasteiger partial charge is 0.242 e. The molecule has 0 fully saturated rings. The van der Waals surface area contributed by atoms with E-state index in [0.717, 1.165) is 5.69 Å². The molecule has 0 saturated carbocycles. The summed E-state index contributed by atoms with van der Waals surface area (Å²) in [5, 5.41) is 6.03. The number of hydrogen-bond donors (Lipinski definition) is 2. The molecule has 2 rings (SSSR count). The van der Waals surface area contributed by atoms with Crippen LogP contribution in [0.1, 0.15) is 11.6 Å². The Balaban J connectivity index is 1.89. The quantitative estimate of drug-likeness (QED) is 0.768. The van der Waals surface area contributed by atoms with Crippen LogP contribution in [0, 0.1) is 5.82 Å². The van der Waals surface area contributed by atoms with Crippen molar-refractivity contribution in [1.82, 2.24) is 15.2 Å². The van der Waals surface area contributed by atoms with E-state index < -0.39 is 6.04 Å². The van der Waals surface area contributed by atoms with E-state index in [2.05, 4.69) is 15.6 Å². The fourth-order valence-corrected chi connectivity index (χ4v) is 2.32. The van der Waals surface area contributed by atoms with E-state index in [1.807, 2.05) is 12.1 Å². The van der Waals surface area contributed by atoms with Gasteiger partial charge < -0.3 is 10.6 Å². The topological polar surface area (TPSA) is 57.3 Å². The first kappa shape index (κ1) is 16.9. The predicted molar refractivity (Wildman–Crippen MR) is 88.6 cm³/mol. The van der Waals surface area contributed by atoms with Crippen LogP contribution in [0.4, 0.5) is 10.1 Å². The Morgan fingerprint density at radius 3 is 2.74 bits per heavy atom. The molecule has 2 aromatic rings. The Morgan fingerprint density at radius 1 is 1.26 bits per heavy atom. The maximum atomic E-state index is 13.4. The molecule has 0 unspecified atom stereocenters. The molecule has 1 atom stereocenters. The van der Waals surface area contributed by atoms with Gasteiger partial charge >= 0.3 is 0 Å². The molecule has 1 heterocycles. The normalized spacial score (nSPS) is 12.0. The van der Waals surface area contributed by atoms with Gasteiger partial charge in [-0.3, -0.25) is 14.7 Å². The zero-order valence-corrected chi connectivity index (χ0v) is 13.3. The fourth-order valence-electron chi connectivity index (χ4n) is 2.32. The van der Waals surface area contributed by atoms with E-state index in [-0.39, 0.29) is 11.7 Å². The van der Waals surface area contributed by atoms with Gasteiger partial charge in [-0.1, -0.05) is 12.1 Å². The summed E-state index contributed by atoms with van der Waals surface area (Å²) in [4.78, 5) is 18.2. The number of aromatic nitrogens is 1. The summed E-state index contributed by atoms with van der Waals surface area (Å²) in [5.74, 6) is -0.506. The monoisotopic (exact) mass is 316 g/mol. The summed E-state index contributed by atoms with van der Waals surface area (Å²) < 4.78 is 13.4. The Hall–Kier alpha value is -2.47. The fraction of sp³-hybridized carbons (Fsp3) is 0.294. The van der Waals surface area contributed by atoms with Gasteiger partial charge in [0.25, 0.3) is 0 Å². The second kappa shape index (κ2) is 8.24. The van der Waals surface area contributed by atoms with Crippen molar-refractivity contribution in [1.29, 1.82) is 0 Å². The Morgan fingerprint density at radius 2 is 2.09 bits per heavy atom. The van der Waals surface area contributed by atoms with Gasteiger partial charge in [0.05, 0.1) is 5.69 Å². The molecule has 1 aromatic carbocycles. The van der Waals surface area contributed by atoms with Gasteiger partial charge in [-0.05, 0) is 43.9 Å². The minimum atomic E-state index is -0.524. The van der Waals surface area contributed by atoms with E-state index in [4.69, 9.17) is 0 Å². The minimum absolute atomic E-state index is 0.159. The van der Waals surface area contributed by atoms with Gasteiger partial charge in [0.15, 0.2) is 0 Å². The number of carbonyl (C=O) groups excluding carboxylic acids is 1. The summed E-state index contributed by atoms with van der Waals surface area (Å²) in [7, 11) is 3.59. The molecule has 5 nitrogen and oxygen atoms in total. The van der Waals surface area contributed by atoms with Gasteiger partial charge in [-0.2, -0.15) is 0 Å². The van der Waals surface area contributed by atoms with Crippen molar-refractivity contribution in [2.45, 2.75) is 6.04 Å². The maximum absolute atomic E-state index is 13.4. The highest BCUT2D eigenvalue weighted by molar-refractivity contribution is 5.83. The summed E-state index contributed by atoms with van der Waals surface area (Å²) in [6.45, 7) is 1.05. The van der Waals surface area contributed by atoms with E-state index in [0.29, 0.717) is 18.7 Å². The van der Waals surface area contributed by atoms with Crippen LogP contribution < -0.4 is 10.6 Å². The molecule has 1 amide bonds. The highest BCUT2D eigenvalue weighted by Crippen LogP contribution is 2.19. The molecule has 0 saturated heterocycles. The highest BCUT2D eigenvalue weighted by Gasteiger charge is 2.22. The number of benzene rings is 1. The van der Waals surface area contributed by atoms with Crippen LogP contribution in [0.5, 0.6) is 0 Å². The van der Waals surface area contributed by atoms with Crippen LogP contribution in [-0.2, 0) is 4.79 Å². The molecule has 122 valence electrons. The average Bonchev–Trinajstić information content (AvgIpc) is 2.52. The van der Waals surface area contributed by atoms with Crippen LogP contribution in [0.15, 0.2) is 48.8 Å². The molecule has 0 bridgehead atoms. The van der Waals surface area contributed by atoms with Crippen LogP contribution >= 0.6 is 0 Å². The van der Waals surface area contributed by atoms with Crippen LogP contribution in [-0.4, -0.2) is 43.0 Å². The van der Waals surface area contributed by atoms with Crippen molar-refractivity contribution in [3.63, 3.8) is 0 Å². The number of nitrogens with one attached hydrogen (secondary N) is 2. The average molecular weight is 316 g/mol. The zero-order valence-electron chi connectivity index (χ0n) is 13.3. The van der Waals surface area contributed by atoms with Crippen molar-refractivity contribution >= 4 is 11.6 Å². The third kappa shape index (κ3) is 5.03. The summed E-state index contributed by atoms with van der Waals surface area (Å²) in [6.07, 6.45) is 3.42. The first-order valence-corrected chi connectivity index (χ1v) is 7.41. The molecule has 0 aliphatic rings. The molecular formula is C17H21FN4O. The number of hydrogen-bond acceptors (Lipinski definition) is 4. The van der Waals surface area contributed by atoms with Crippen molar-refractivity contribution in [3.05, 3.63) is 60.2 Å². The Kier molecular flexibility index (Phi) is 6.05. The third-order valence-corrected chi connectivity index (χ3v) is 3.34. The maximum Gasteiger partial charge on any atom is 0.242 e. The molecule has 0 spiro atoms. The molecular weight excluding hydrogens is 295 g/mol. The first-order chi connectivity index (χ1) is 11.1. The van der Waals surface area contributed by atoms with Gasteiger partial charge in [0, 0.05) is 25.5 Å². The van der Waals surface area contributed by atoms with Crippen molar-refractivity contribution in [2.24, 2.45) is 0 Å². The number of nitrogens with zero attached hydrogens (tertiary/aromatic N) is 2. The predicted octanol–water partition coefficient (Wildman–Crippen LogP) is 2.05. The SMILES string of the molecule is CN(C)[C@H](C(=O)NCCNc1cccnc1)c1cccc(F)c1. The van der Waals surface area contributed by atoms with Crippen molar-refractivity contribution < 1.29 is 9.18 Å². The lowest BCUT2D eigenvalue weighted by molar-refractivity contribution is -0.125. The molecule has 23 heavy (non-hydrogen) atoms. The van der Waals surface area contributed by atoms with E-state index >= 15 is 0 Å². The summed E-state index contributed by atoms with van der Waals surface area (Å²) in [6, 6.07) is 9.34. The van der Waals surface area contributed by atoms with E-state index in [9.17, 15) is 9.18 Å². The second-order valence-corrected chi connectivity index (χ2v) is 5.38. The van der Waals surface area contributed by atoms with Gasteiger partial charge in [0.1, 0.15) is 11.9 Å². The second-order valence-electron chi connectivity index (χ2n) is 5.38. The molecule has 0 radical (unpaired) electrons. The van der Waals surface area contributed by atoms with E-state index in [1.165, 1.54) is 12.1 Å². The van der Waals surface area contributed by atoms with Gasteiger partial charge in [0.2, 0.25) is 5.91 Å². The lowest BCUT2D eigenvalue weighted by atomic mass is 10.1. The Labute approximate surface area is 135 Å². The van der Waals surface area contributed by atoms with Crippen molar-refractivity contribution in [3.8, 4) is 0 Å². The zero-order chi connectivity index (χ0) is 16.7. The third-order valence-electron chi connectivity index (χ3n) is 3.34. The lowest BCUT2D eigenvalue weighted by Crippen LogP contribution is -2.39. The molecule has 2 N–H and O–H groups in total. The molecule has 0 aliphatic heterocycles. The van der Waals surface area contributed by atoms with E-state index in [1.54, 1.807) is 43.5 Å². The highest BCUT2D eigenvalue weighted by atomic mass is 19.1. The number of rotatable bonds is 7. The number of carbonyl (C=O) groups is 1. The lowest BCUT2D eigenvalue weighted by Gasteiger charge is -2.24. The number of halogens is 1. The largest absolute Gasteiger partial charge is 0.382 e. The van der Waals surface area contributed by atoms with Crippen LogP contribution in [0.3, 0.4) is 0 Å². The summed E-state index contributed by atoms with van der Waals surface area (Å²) >= 11 is 0. The number of pyridine rings is 1. The molecule has 0 aliphatic carbocycles.